The molecule has 2 aliphatic rings. The van der Waals surface area contributed by atoms with E-state index in [1.54, 1.807) is 17.0 Å². The molecule has 1 unspecified atom stereocenters. The number of likely N-dealkylation sites (tertiary alicyclic amines) is 1. The van der Waals surface area contributed by atoms with E-state index in [0.717, 1.165) is 5.56 Å². The molecule has 1 aromatic carbocycles. The van der Waals surface area contributed by atoms with Crippen LogP contribution in [-0.4, -0.2) is 40.5 Å². The van der Waals surface area contributed by atoms with Crippen LogP contribution in [0, 0.1) is 11.7 Å². The number of amides is 2. The van der Waals surface area contributed by atoms with Gasteiger partial charge >= 0.3 is 0 Å². The molecule has 2 amide bonds. The van der Waals surface area contributed by atoms with Crippen molar-refractivity contribution in [2.45, 2.75) is 44.4 Å². The van der Waals surface area contributed by atoms with Crippen LogP contribution in [0.3, 0.4) is 0 Å². The summed E-state index contributed by atoms with van der Waals surface area (Å²) in [6.07, 6.45) is 1.98. The Hall–Kier alpha value is -1.95. The van der Waals surface area contributed by atoms with E-state index in [1.807, 2.05) is 0 Å². The number of hydrogen-bond donors (Lipinski definition) is 2. The lowest BCUT2D eigenvalue weighted by atomic mass is 10.1. The summed E-state index contributed by atoms with van der Waals surface area (Å²) in [4.78, 5) is 26.2. The summed E-state index contributed by atoms with van der Waals surface area (Å²) in [7, 11) is 0. The van der Waals surface area contributed by atoms with Gasteiger partial charge in [-0.3, -0.25) is 9.59 Å². The van der Waals surface area contributed by atoms with E-state index < -0.39 is 12.1 Å². The van der Waals surface area contributed by atoms with E-state index in [0.29, 0.717) is 38.8 Å². The van der Waals surface area contributed by atoms with Gasteiger partial charge in [0, 0.05) is 19.0 Å². The van der Waals surface area contributed by atoms with Crippen LogP contribution in [0.5, 0.6) is 0 Å². The molecule has 3 rings (SSSR count). The average molecular weight is 320 g/mol. The Morgan fingerprint density at radius 1 is 1.26 bits per heavy atom. The Balaban J connectivity index is 1.54. The molecule has 1 aromatic rings. The van der Waals surface area contributed by atoms with E-state index in [1.165, 1.54) is 12.1 Å². The minimum atomic E-state index is -0.485. The summed E-state index contributed by atoms with van der Waals surface area (Å²) in [5.41, 5.74) is 0.866. The summed E-state index contributed by atoms with van der Waals surface area (Å²) < 4.78 is 12.9. The average Bonchev–Trinajstić information content (AvgIpc) is 3.10. The zero-order valence-electron chi connectivity index (χ0n) is 12.9. The Kier molecular flexibility index (Phi) is 4.61. The van der Waals surface area contributed by atoms with Crippen molar-refractivity contribution in [1.29, 1.82) is 0 Å². The quantitative estimate of drug-likeness (QED) is 0.876. The molecule has 0 spiro atoms. The molecule has 124 valence electrons. The molecule has 3 atom stereocenters. The normalized spacial score (nSPS) is 27.5. The molecule has 5 nitrogen and oxygen atoms in total. The van der Waals surface area contributed by atoms with Crippen molar-refractivity contribution in [2.75, 3.05) is 6.54 Å². The van der Waals surface area contributed by atoms with E-state index in [4.69, 9.17) is 0 Å². The second-order valence-corrected chi connectivity index (χ2v) is 6.40. The SMILES string of the molecule is O=C(NC1CCN(Cc2ccc(F)cc2)C1=O)[C@@H]1CC[C@@H](O)C1. The minimum Gasteiger partial charge on any atom is -0.393 e. The highest BCUT2D eigenvalue weighted by Gasteiger charge is 2.35. The zero-order valence-corrected chi connectivity index (χ0v) is 12.9. The van der Waals surface area contributed by atoms with Gasteiger partial charge in [-0.1, -0.05) is 12.1 Å². The summed E-state index contributed by atoms with van der Waals surface area (Å²) >= 11 is 0. The number of carbonyl (C=O) groups is 2. The molecule has 1 heterocycles. The van der Waals surface area contributed by atoms with Gasteiger partial charge in [-0.25, -0.2) is 4.39 Å². The first kappa shape index (κ1) is 15.9. The van der Waals surface area contributed by atoms with Crippen molar-refractivity contribution in [3.63, 3.8) is 0 Å². The molecule has 6 heteroatoms. The monoisotopic (exact) mass is 320 g/mol. The predicted octanol–water partition coefficient (Wildman–Crippen LogP) is 1.20. The summed E-state index contributed by atoms with van der Waals surface area (Å²) in [5, 5.41) is 12.3. The number of rotatable bonds is 4. The maximum atomic E-state index is 12.9. The molecular formula is C17H21FN2O3. The molecule has 23 heavy (non-hydrogen) atoms. The van der Waals surface area contributed by atoms with Crippen molar-refractivity contribution in [3.8, 4) is 0 Å². The fraction of sp³-hybridized carbons (Fsp3) is 0.529. The highest BCUT2D eigenvalue weighted by atomic mass is 19.1. The Morgan fingerprint density at radius 3 is 2.65 bits per heavy atom. The van der Waals surface area contributed by atoms with Crippen LogP contribution < -0.4 is 5.32 Å². The lowest BCUT2D eigenvalue weighted by Gasteiger charge is -2.18. The summed E-state index contributed by atoms with van der Waals surface area (Å²) in [6, 6.07) is 5.59. The first-order valence-corrected chi connectivity index (χ1v) is 8.04. The second kappa shape index (κ2) is 6.66. The van der Waals surface area contributed by atoms with Crippen LogP contribution in [-0.2, 0) is 16.1 Å². The summed E-state index contributed by atoms with van der Waals surface area (Å²) in [5.74, 6) is -0.723. The van der Waals surface area contributed by atoms with Gasteiger partial charge in [0.25, 0.3) is 0 Å². The van der Waals surface area contributed by atoms with Gasteiger partial charge in [-0.15, -0.1) is 0 Å². The third-order valence-electron chi connectivity index (χ3n) is 4.68. The smallest absolute Gasteiger partial charge is 0.245 e. The number of benzene rings is 1. The van der Waals surface area contributed by atoms with Crippen molar-refractivity contribution in [2.24, 2.45) is 5.92 Å². The predicted molar refractivity (Wildman–Crippen MR) is 81.7 cm³/mol. The van der Waals surface area contributed by atoms with E-state index in [9.17, 15) is 19.1 Å². The number of nitrogens with zero attached hydrogens (tertiary/aromatic N) is 1. The van der Waals surface area contributed by atoms with Crippen molar-refractivity contribution < 1.29 is 19.1 Å². The minimum absolute atomic E-state index is 0.0961. The zero-order chi connectivity index (χ0) is 16.4. The molecule has 2 fully saturated rings. The molecule has 0 bridgehead atoms. The van der Waals surface area contributed by atoms with Crippen LogP contribution >= 0.6 is 0 Å². The van der Waals surface area contributed by atoms with Crippen LogP contribution in [0.1, 0.15) is 31.2 Å². The van der Waals surface area contributed by atoms with Crippen molar-refractivity contribution in [1.82, 2.24) is 10.2 Å². The van der Waals surface area contributed by atoms with Gasteiger partial charge in [0.15, 0.2) is 0 Å². The molecule has 2 N–H and O–H groups in total. The van der Waals surface area contributed by atoms with Gasteiger partial charge < -0.3 is 15.3 Å². The van der Waals surface area contributed by atoms with Crippen molar-refractivity contribution >= 4 is 11.8 Å². The van der Waals surface area contributed by atoms with Crippen LogP contribution in [0.15, 0.2) is 24.3 Å². The van der Waals surface area contributed by atoms with Gasteiger partial charge in [-0.05, 0) is 43.4 Å². The Bertz CT molecular complexity index is 590. The number of hydrogen-bond acceptors (Lipinski definition) is 3. The number of aliphatic hydroxyl groups excluding tert-OH is 1. The van der Waals surface area contributed by atoms with E-state index >= 15 is 0 Å². The third kappa shape index (κ3) is 3.69. The van der Waals surface area contributed by atoms with Gasteiger partial charge in [0.2, 0.25) is 11.8 Å². The fourth-order valence-electron chi connectivity index (χ4n) is 3.33. The van der Waals surface area contributed by atoms with E-state index in [2.05, 4.69) is 5.32 Å². The van der Waals surface area contributed by atoms with E-state index in [-0.39, 0.29) is 23.5 Å². The highest BCUT2D eigenvalue weighted by Crippen LogP contribution is 2.26. The third-order valence-corrected chi connectivity index (χ3v) is 4.68. The molecule has 0 radical (unpaired) electrons. The summed E-state index contributed by atoms with van der Waals surface area (Å²) in [6.45, 7) is 1.00. The van der Waals surface area contributed by atoms with Crippen LogP contribution in [0.2, 0.25) is 0 Å². The highest BCUT2D eigenvalue weighted by molar-refractivity contribution is 5.90. The van der Waals surface area contributed by atoms with Crippen molar-refractivity contribution in [3.05, 3.63) is 35.6 Å². The Morgan fingerprint density at radius 2 is 2.00 bits per heavy atom. The molecule has 1 saturated carbocycles. The largest absolute Gasteiger partial charge is 0.393 e. The molecule has 1 aliphatic carbocycles. The number of aliphatic hydroxyl groups is 1. The number of nitrogens with one attached hydrogen (secondary N) is 1. The van der Waals surface area contributed by atoms with Crippen LogP contribution in [0.4, 0.5) is 4.39 Å². The molecule has 1 aliphatic heterocycles. The maximum absolute atomic E-state index is 12.9. The number of halogens is 1. The molecule has 0 aromatic heterocycles. The molecular weight excluding hydrogens is 299 g/mol. The first-order chi connectivity index (χ1) is 11.0. The Labute approximate surface area is 134 Å². The van der Waals surface area contributed by atoms with Gasteiger partial charge in [0.05, 0.1) is 6.10 Å². The first-order valence-electron chi connectivity index (χ1n) is 8.04. The van der Waals surface area contributed by atoms with Gasteiger partial charge in [-0.2, -0.15) is 0 Å². The lowest BCUT2D eigenvalue weighted by molar-refractivity contribution is -0.134. The standard InChI is InChI=1S/C17H21FN2O3/c18-13-4-1-11(2-5-13)10-20-8-7-15(17(20)23)19-16(22)12-3-6-14(21)9-12/h1-2,4-5,12,14-15,21H,3,6-10H2,(H,19,22)/t12-,14-,15?/m1/s1. The lowest BCUT2D eigenvalue weighted by Crippen LogP contribution is -2.43. The maximum Gasteiger partial charge on any atom is 0.245 e. The number of carbonyl (C=O) groups excluding carboxylic acids is 2. The van der Waals surface area contributed by atoms with Gasteiger partial charge in [0.1, 0.15) is 11.9 Å². The van der Waals surface area contributed by atoms with Crippen LogP contribution in [0.25, 0.3) is 0 Å². The topological polar surface area (TPSA) is 69.6 Å². The molecule has 1 saturated heterocycles. The fourth-order valence-corrected chi connectivity index (χ4v) is 3.33. The second-order valence-electron chi connectivity index (χ2n) is 6.40.